The lowest BCUT2D eigenvalue weighted by Gasteiger charge is -2.20. The van der Waals surface area contributed by atoms with Crippen LogP contribution in [0.15, 0.2) is 51.8 Å². The Morgan fingerprint density at radius 3 is 2.65 bits per heavy atom. The van der Waals surface area contributed by atoms with Gasteiger partial charge >= 0.3 is 0 Å². The maximum atomic E-state index is 14.0. The zero-order valence-corrected chi connectivity index (χ0v) is 13.9. The zero-order chi connectivity index (χ0) is 14.5. The van der Waals surface area contributed by atoms with E-state index in [1.54, 1.807) is 11.8 Å². The Labute approximate surface area is 132 Å². The third-order valence-corrected chi connectivity index (χ3v) is 4.61. The molecule has 0 saturated carbocycles. The van der Waals surface area contributed by atoms with Gasteiger partial charge in [0.05, 0.1) is 0 Å². The molecule has 1 N–H and O–H groups in total. The number of thioether (sulfide) groups is 1. The summed E-state index contributed by atoms with van der Waals surface area (Å²) in [6.45, 7) is 0. The first-order valence-electron chi connectivity index (χ1n) is 6.39. The van der Waals surface area contributed by atoms with E-state index in [2.05, 4.69) is 39.6 Å². The lowest BCUT2D eigenvalue weighted by atomic mass is 9.98. The molecule has 0 aliphatic rings. The fraction of sp³-hybridized carbons (Fsp3) is 0.250. The van der Waals surface area contributed by atoms with Gasteiger partial charge in [0.15, 0.2) is 0 Å². The summed E-state index contributed by atoms with van der Waals surface area (Å²) in [5.74, 6) is -0.166. The molecular formula is C16H17BrFNS. The van der Waals surface area contributed by atoms with E-state index in [1.165, 1.54) is 16.5 Å². The van der Waals surface area contributed by atoms with E-state index in [4.69, 9.17) is 0 Å². The number of rotatable bonds is 5. The number of likely N-dealkylation sites (N-methyl/N-ethyl adjacent to an activating group) is 1. The molecule has 1 atom stereocenters. The van der Waals surface area contributed by atoms with Crippen molar-refractivity contribution < 1.29 is 4.39 Å². The van der Waals surface area contributed by atoms with Crippen molar-refractivity contribution in [1.29, 1.82) is 0 Å². The molecule has 0 fully saturated rings. The number of halogens is 2. The van der Waals surface area contributed by atoms with Crippen LogP contribution in [-0.2, 0) is 6.42 Å². The lowest BCUT2D eigenvalue weighted by Crippen LogP contribution is -2.20. The van der Waals surface area contributed by atoms with Crippen LogP contribution in [0.3, 0.4) is 0 Å². The summed E-state index contributed by atoms with van der Waals surface area (Å²) in [5, 5.41) is 3.29. The Hall–Kier alpha value is -0.840. The zero-order valence-electron chi connectivity index (χ0n) is 11.5. The largest absolute Gasteiger partial charge is 0.313 e. The molecule has 0 saturated heterocycles. The molecule has 0 spiro atoms. The monoisotopic (exact) mass is 353 g/mol. The molecule has 20 heavy (non-hydrogen) atoms. The molecule has 2 aromatic rings. The van der Waals surface area contributed by atoms with Crippen LogP contribution >= 0.6 is 27.7 Å². The first-order valence-corrected chi connectivity index (χ1v) is 8.41. The summed E-state index contributed by atoms with van der Waals surface area (Å²) in [5.41, 5.74) is 1.94. The van der Waals surface area contributed by atoms with Crippen LogP contribution in [0.1, 0.15) is 17.2 Å². The van der Waals surface area contributed by atoms with Crippen LogP contribution in [0, 0.1) is 5.82 Å². The van der Waals surface area contributed by atoms with Gasteiger partial charge in [0.25, 0.3) is 0 Å². The molecule has 1 unspecified atom stereocenters. The third-order valence-electron chi connectivity index (χ3n) is 3.30. The third kappa shape index (κ3) is 3.62. The predicted molar refractivity (Wildman–Crippen MR) is 87.8 cm³/mol. The van der Waals surface area contributed by atoms with Crippen molar-refractivity contribution in [3.05, 3.63) is 63.9 Å². The Morgan fingerprint density at radius 2 is 2.00 bits per heavy atom. The minimum absolute atomic E-state index is 0.106. The van der Waals surface area contributed by atoms with E-state index in [0.29, 0.717) is 6.42 Å². The van der Waals surface area contributed by atoms with Gasteiger partial charge in [-0.25, -0.2) is 4.39 Å². The van der Waals surface area contributed by atoms with Gasteiger partial charge in [-0.15, -0.1) is 11.8 Å². The molecule has 1 nitrogen and oxygen atoms in total. The molecule has 0 amide bonds. The highest BCUT2D eigenvalue weighted by Gasteiger charge is 2.15. The van der Waals surface area contributed by atoms with Crippen LogP contribution < -0.4 is 5.32 Å². The molecule has 0 aromatic heterocycles. The van der Waals surface area contributed by atoms with Gasteiger partial charge in [-0.2, -0.15) is 0 Å². The minimum atomic E-state index is -0.166. The first-order chi connectivity index (χ1) is 9.65. The van der Waals surface area contributed by atoms with Crippen molar-refractivity contribution >= 4 is 27.7 Å². The smallest absolute Gasteiger partial charge is 0.127 e. The van der Waals surface area contributed by atoms with E-state index in [1.807, 2.05) is 31.3 Å². The van der Waals surface area contributed by atoms with Crippen molar-refractivity contribution in [2.75, 3.05) is 13.3 Å². The van der Waals surface area contributed by atoms with Gasteiger partial charge in [-0.3, -0.25) is 0 Å². The quantitative estimate of drug-likeness (QED) is 0.773. The summed E-state index contributed by atoms with van der Waals surface area (Å²) in [6.07, 6.45) is 2.69. The molecule has 0 aliphatic heterocycles. The van der Waals surface area contributed by atoms with Crippen molar-refractivity contribution in [2.24, 2.45) is 0 Å². The fourth-order valence-electron chi connectivity index (χ4n) is 2.23. The van der Waals surface area contributed by atoms with Gasteiger partial charge in [0.2, 0.25) is 0 Å². The number of benzene rings is 2. The topological polar surface area (TPSA) is 12.0 Å². The number of nitrogens with one attached hydrogen (secondary N) is 1. The van der Waals surface area contributed by atoms with Crippen LogP contribution in [0.25, 0.3) is 0 Å². The Morgan fingerprint density at radius 1 is 1.25 bits per heavy atom. The Kier molecular flexibility index (Phi) is 5.64. The second-order valence-corrected chi connectivity index (χ2v) is 6.29. The number of hydrogen-bond donors (Lipinski definition) is 1. The van der Waals surface area contributed by atoms with E-state index in [9.17, 15) is 4.39 Å². The SMILES string of the molecule is CNC(Cc1ccc(Br)cc1F)c1ccccc1SC. The average Bonchev–Trinajstić information content (AvgIpc) is 2.46. The second kappa shape index (κ2) is 7.25. The second-order valence-electron chi connectivity index (χ2n) is 4.52. The van der Waals surface area contributed by atoms with Gasteiger partial charge < -0.3 is 5.32 Å². The maximum Gasteiger partial charge on any atom is 0.127 e. The van der Waals surface area contributed by atoms with Crippen molar-refractivity contribution in [3.63, 3.8) is 0 Å². The Balaban J connectivity index is 2.29. The van der Waals surface area contributed by atoms with Gasteiger partial charge in [-0.05, 0) is 49.1 Å². The molecule has 106 valence electrons. The Bertz CT molecular complexity index is 588. The molecule has 0 heterocycles. The van der Waals surface area contributed by atoms with Crippen molar-refractivity contribution in [1.82, 2.24) is 5.32 Å². The van der Waals surface area contributed by atoms with E-state index in [0.717, 1.165) is 10.0 Å². The summed E-state index contributed by atoms with van der Waals surface area (Å²) in [6, 6.07) is 13.6. The summed E-state index contributed by atoms with van der Waals surface area (Å²) >= 11 is 5.00. The molecule has 0 aliphatic carbocycles. The highest BCUT2D eigenvalue weighted by Crippen LogP contribution is 2.29. The van der Waals surface area contributed by atoms with Crippen LogP contribution in [0.4, 0.5) is 4.39 Å². The van der Waals surface area contributed by atoms with Crippen LogP contribution in [0.2, 0.25) is 0 Å². The molecule has 2 rings (SSSR count). The van der Waals surface area contributed by atoms with E-state index in [-0.39, 0.29) is 11.9 Å². The summed E-state index contributed by atoms with van der Waals surface area (Å²) < 4.78 is 14.8. The predicted octanol–water partition coefficient (Wildman–Crippen LogP) is 4.81. The van der Waals surface area contributed by atoms with Gasteiger partial charge in [0.1, 0.15) is 5.82 Å². The minimum Gasteiger partial charge on any atom is -0.313 e. The molecule has 4 heteroatoms. The molecule has 0 bridgehead atoms. The normalized spacial score (nSPS) is 12.4. The maximum absolute atomic E-state index is 14.0. The molecule has 2 aromatic carbocycles. The summed E-state index contributed by atoms with van der Waals surface area (Å²) in [4.78, 5) is 1.23. The van der Waals surface area contributed by atoms with E-state index < -0.39 is 0 Å². The molecule has 0 radical (unpaired) electrons. The molecular weight excluding hydrogens is 337 g/mol. The van der Waals surface area contributed by atoms with Crippen LogP contribution in [-0.4, -0.2) is 13.3 Å². The highest BCUT2D eigenvalue weighted by molar-refractivity contribution is 9.10. The van der Waals surface area contributed by atoms with Gasteiger partial charge in [-0.1, -0.05) is 40.2 Å². The van der Waals surface area contributed by atoms with Crippen LogP contribution in [0.5, 0.6) is 0 Å². The van der Waals surface area contributed by atoms with Crippen molar-refractivity contribution in [3.8, 4) is 0 Å². The average molecular weight is 354 g/mol. The fourth-order valence-corrected chi connectivity index (χ4v) is 3.22. The first kappa shape index (κ1) is 15.5. The van der Waals surface area contributed by atoms with E-state index >= 15 is 0 Å². The number of hydrogen-bond acceptors (Lipinski definition) is 2. The summed E-state index contributed by atoms with van der Waals surface area (Å²) in [7, 11) is 1.92. The highest BCUT2D eigenvalue weighted by atomic mass is 79.9. The lowest BCUT2D eigenvalue weighted by molar-refractivity contribution is 0.549. The standard InChI is InChI=1S/C16H17BrFNS/c1-19-15(13-5-3-4-6-16(13)20-2)9-11-7-8-12(17)10-14(11)18/h3-8,10,15,19H,9H2,1-2H3. The van der Waals surface area contributed by atoms with Crippen molar-refractivity contribution in [2.45, 2.75) is 17.4 Å². The van der Waals surface area contributed by atoms with Gasteiger partial charge in [0, 0.05) is 15.4 Å².